The maximum absolute atomic E-state index is 13.1. The summed E-state index contributed by atoms with van der Waals surface area (Å²) in [5, 5.41) is 0. The summed E-state index contributed by atoms with van der Waals surface area (Å²) in [5.74, 6) is -0.564. The Morgan fingerprint density at radius 2 is 1.52 bits per heavy atom. The second-order valence-corrected chi connectivity index (χ2v) is 9.58. The minimum Gasteiger partial charge on any atom is -0.444 e. The second-order valence-electron chi connectivity index (χ2n) is 9.58. The first-order chi connectivity index (χ1) is 14.6. The Hall–Kier alpha value is -2.83. The van der Waals surface area contributed by atoms with Gasteiger partial charge in [0.1, 0.15) is 5.60 Å². The van der Waals surface area contributed by atoms with E-state index in [1.165, 1.54) is 6.08 Å². The molecule has 2 saturated heterocycles. The van der Waals surface area contributed by atoms with E-state index < -0.39 is 11.5 Å². The van der Waals surface area contributed by atoms with Crippen LogP contribution in [0.4, 0.5) is 4.79 Å². The van der Waals surface area contributed by atoms with E-state index in [4.69, 9.17) is 10.5 Å². The van der Waals surface area contributed by atoms with Gasteiger partial charge in [-0.25, -0.2) is 4.79 Å². The number of nitrogens with two attached hydrogens (primary N) is 1. The van der Waals surface area contributed by atoms with Crippen LogP contribution in [-0.4, -0.2) is 59.5 Å². The van der Waals surface area contributed by atoms with Crippen molar-refractivity contribution in [1.82, 2.24) is 9.80 Å². The van der Waals surface area contributed by atoms with Crippen LogP contribution >= 0.6 is 0 Å². The molecule has 0 aliphatic carbocycles. The van der Waals surface area contributed by atoms with E-state index >= 15 is 0 Å². The third kappa shape index (κ3) is 5.87. The molecular weight excluding hydrogens is 394 g/mol. The number of likely N-dealkylation sites (tertiary alicyclic amines) is 2. The van der Waals surface area contributed by atoms with Gasteiger partial charge < -0.3 is 20.3 Å². The molecule has 1 aromatic carbocycles. The number of ether oxygens (including phenoxy) is 1. The van der Waals surface area contributed by atoms with E-state index in [1.54, 1.807) is 17.0 Å². The molecule has 7 nitrogen and oxygen atoms in total. The van der Waals surface area contributed by atoms with Crippen LogP contribution in [0.1, 0.15) is 62.4 Å². The number of carbonyl (C=O) groups is 3. The largest absolute Gasteiger partial charge is 0.444 e. The number of rotatable bonds is 3. The molecule has 1 aromatic rings. The van der Waals surface area contributed by atoms with Crippen molar-refractivity contribution in [2.75, 3.05) is 26.2 Å². The lowest BCUT2D eigenvalue weighted by Gasteiger charge is -2.46. The number of primary amides is 1. The Balaban J connectivity index is 1.58. The molecule has 2 N–H and O–H groups in total. The monoisotopic (exact) mass is 427 g/mol. The van der Waals surface area contributed by atoms with E-state index in [9.17, 15) is 14.4 Å². The Labute approximate surface area is 184 Å². The Bertz CT molecular complexity index is 854. The van der Waals surface area contributed by atoms with Gasteiger partial charge in [-0.05, 0) is 69.6 Å². The number of hydrogen-bond donors (Lipinski definition) is 1. The van der Waals surface area contributed by atoms with Crippen molar-refractivity contribution in [2.24, 2.45) is 11.1 Å². The fourth-order valence-electron chi connectivity index (χ4n) is 4.35. The average Bonchev–Trinajstić information content (AvgIpc) is 2.72. The first kappa shape index (κ1) is 22.8. The summed E-state index contributed by atoms with van der Waals surface area (Å²) in [5.41, 5.74) is 6.16. The summed E-state index contributed by atoms with van der Waals surface area (Å²) < 4.78 is 5.50. The SMILES string of the molecule is CC(C)(C)OC(=O)N1CCC2(CC1)CCN(C(=O)c1ccccc1/C=C/C(N)=O)CC2. The molecule has 2 aliphatic rings. The number of piperidine rings is 2. The smallest absolute Gasteiger partial charge is 0.410 e. The quantitative estimate of drug-likeness (QED) is 0.748. The van der Waals surface area contributed by atoms with Gasteiger partial charge >= 0.3 is 6.09 Å². The van der Waals surface area contributed by atoms with Gasteiger partial charge in [-0.2, -0.15) is 0 Å². The molecule has 1 spiro atoms. The first-order valence-electron chi connectivity index (χ1n) is 10.9. The molecular formula is C24H33N3O4. The molecule has 3 rings (SSSR count). The fourth-order valence-corrected chi connectivity index (χ4v) is 4.35. The van der Waals surface area contributed by atoms with Crippen LogP contribution in [0.25, 0.3) is 6.08 Å². The lowest BCUT2D eigenvalue weighted by molar-refractivity contribution is -0.113. The standard InChI is InChI=1S/C24H33N3O4/c1-23(2,3)31-22(30)27-16-12-24(13-17-27)10-14-26(15-11-24)21(29)19-7-5-4-6-18(19)8-9-20(25)28/h4-9H,10-17H2,1-3H3,(H2,25,28)/b9-8+. The molecule has 0 radical (unpaired) electrons. The molecule has 0 atom stereocenters. The minimum absolute atomic E-state index is 0.0224. The van der Waals surface area contributed by atoms with Crippen molar-refractivity contribution < 1.29 is 19.1 Å². The van der Waals surface area contributed by atoms with Crippen LogP contribution in [0.3, 0.4) is 0 Å². The number of nitrogens with zero attached hydrogens (tertiary/aromatic N) is 2. The Morgan fingerprint density at radius 3 is 2.06 bits per heavy atom. The maximum atomic E-state index is 13.1. The zero-order valence-electron chi connectivity index (χ0n) is 18.7. The van der Waals surface area contributed by atoms with Gasteiger partial charge in [0, 0.05) is 37.8 Å². The van der Waals surface area contributed by atoms with E-state index in [2.05, 4.69) is 0 Å². The Morgan fingerprint density at radius 1 is 0.968 bits per heavy atom. The summed E-state index contributed by atoms with van der Waals surface area (Å²) in [6, 6.07) is 7.25. The summed E-state index contributed by atoms with van der Waals surface area (Å²) in [6.45, 7) is 8.42. The van der Waals surface area contributed by atoms with Gasteiger partial charge in [-0.1, -0.05) is 18.2 Å². The van der Waals surface area contributed by atoms with E-state index in [0.29, 0.717) is 37.3 Å². The highest BCUT2D eigenvalue weighted by Crippen LogP contribution is 2.41. The van der Waals surface area contributed by atoms with E-state index in [0.717, 1.165) is 25.7 Å². The van der Waals surface area contributed by atoms with Crippen molar-refractivity contribution in [3.63, 3.8) is 0 Å². The van der Waals surface area contributed by atoms with Crippen LogP contribution in [-0.2, 0) is 9.53 Å². The predicted octanol–water partition coefficient (Wildman–Crippen LogP) is 3.44. The van der Waals surface area contributed by atoms with Crippen LogP contribution in [0.15, 0.2) is 30.3 Å². The maximum Gasteiger partial charge on any atom is 0.410 e. The predicted molar refractivity (Wildman–Crippen MR) is 119 cm³/mol. The number of carbonyl (C=O) groups excluding carboxylic acids is 3. The summed E-state index contributed by atoms with van der Waals surface area (Å²) in [4.78, 5) is 40.2. The second kappa shape index (κ2) is 9.12. The average molecular weight is 428 g/mol. The molecule has 3 amide bonds. The molecule has 168 valence electrons. The first-order valence-corrected chi connectivity index (χ1v) is 10.9. The van der Waals surface area contributed by atoms with Gasteiger partial charge in [0.25, 0.3) is 5.91 Å². The highest BCUT2D eigenvalue weighted by molar-refractivity contribution is 5.99. The highest BCUT2D eigenvalue weighted by atomic mass is 16.6. The molecule has 2 fully saturated rings. The summed E-state index contributed by atoms with van der Waals surface area (Å²) in [7, 11) is 0. The Kier molecular flexibility index (Phi) is 6.72. The number of hydrogen-bond acceptors (Lipinski definition) is 4. The van der Waals surface area contributed by atoms with Crippen LogP contribution in [0.5, 0.6) is 0 Å². The van der Waals surface area contributed by atoms with Crippen molar-refractivity contribution >= 4 is 24.0 Å². The van der Waals surface area contributed by atoms with Crippen LogP contribution in [0.2, 0.25) is 0 Å². The summed E-state index contributed by atoms with van der Waals surface area (Å²) in [6.07, 6.45) is 6.36. The summed E-state index contributed by atoms with van der Waals surface area (Å²) >= 11 is 0. The third-order valence-corrected chi connectivity index (χ3v) is 6.21. The van der Waals surface area contributed by atoms with Gasteiger partial charge in [0.2, 0.25) is 5.91 Å². The van der Waals surface area contributed by atoms with Crippen molar-refractivity contribution in [3.8, 4) is 0 Å². The molecule has 2 heterocycles. The van der Waals surface area contributed by atoms with Crippen LogP contribution < -0.4 is 5.73 Å². The topological polar surface area (TPSA) is 92.9 Å². The van der Waals surface area contributed by atoms with Gasteiger partial charge in [0.15, 0.2) is 0 Å². The zero-order valence-corrected chi connectivity index (χ0v) is 18.7. The third-order valence-electron chi connectivity index (χ3n) is 6.21. The zero-order chi connectivity index (χ0) is 22.6. The van der Waals surface area contributed by atoms with Gasteiger partial charge in [-0.15, -0.1) is 0 Å². The van der Waals surface area contributed by atoms with Crippen molar-refractivity contribution in [2.45, 2.75) is 52.1 Å². The van der Waals surface area contributed by atoms with Gasteiger partial charge in [0.05, 0.1) is 0 Å². The molecule has 31 heavy (non-hydrogen) atoms. The lowest BCUT2D eigenvalue weighted by Crippen LogP contribution is -2.50. The van der Waals surface area contributed by atoms with E-state index in [1.807, 2.05) is 43.9 Å². The molecule has 0 aromatic heterocycles. The highest BCUT2D eigenvalue weighted by Gasteiger charge is 2.40. The van der Waals surface area contributed by atoms with Crippen molar-refractivity contribution in [1.29, 1.82) is 0 Å². The normalized spacial score (nSPS) is 18.9. The van der Waals surface area contributed by atoms with Gasteiger partial charge in [-0.3, -0.25) is 9.59 Å². The number of amides is 3. The van der Waals surface area contributed by atoms with Crippen LogP contribution in [0, 0.1) is 5.41 Å². The number of benzene rings is 1. The molecule has 0 unspecified atom stereocenters. The minimum atomic E-state index is -0.542. The molecule has 7 heteroatoms. The fraction of sp³-hybridized carbons (Fsp3) is 0.542. The molecule has 0 bridgehead atoms. The molecule has 2 aliphatic heterocycles. The molecule has 0 saturated carbocycles. The van der Waals surface area contributed by atoms with E-state index in [-0.39, 0.29) is 17.4 Å². The van der Waals surface area contributed by atoms with Crippen molar-refractivity contribution in [3.05, 3.63) is 41.5 Å². The lowest BCUT2D eigenvalue weighted by atomic mass is 9.71.